The second kappa shape index (κ2) is 3.85. The van der Waals surface area contributed by atoms with Crippen LogP contribution in [0.15, 0.2) is 10.6 Å². The molecule has 0 radical (unpaired) electrons. The third kappa shape index (κ3) is 1.76. The topological polar surface area (TPSA) is 27.6 Å². The Morgan fingerprint density at radius 1 is 1.57 bits per heavy atom. The standard InChI is InChI=1S/C11H19N3/c1-8(2)11-10-4-5-13-14(10)7-9(3)6-12-11/h8,10-11,13H,4-5,7H2,1-3H3. The van der Waals surface area contributed by atoms with E-state index in [0.29, 0.717) is 18.0 Å². The van der Waals surface area contributed by atoms with Gasteiger partial charge in [-0.2, -0.15) is 0 Å². The summed E-state index contributed by atoms with van der Waals surface area (Å²) in [6.07, 6.45) is 1.21. The minimum atomic E-state index is 0.405. The summed E-state index contributed by atoms with van der Waals surface area (Å²) in [5.41, 5.74) is 4.66. The van der Waals surface area contributed by atoms with Crippen LogP contribution >= 0.6 is 0 Å². The van der Waals surface area contributed by atoms with E-state index in [2.05, 4.69) is 42.1 Å². The largest absolute Gasteiger partial charge is 0.254 e. The Kier molecular flexibility index (Phi) is 2.73. The molecule has 2 unspecified atom stereocenters. The molecule has 78 valence electrons. The summed E-state index contributed by atoms with van der Waals surface area (Å²) in [5, 5.41) is 2.34. The van der Waals surface area contributed by atoms with Crippen molar-refractivity contribution < 1.29 is 0 Å². The molecular formula is C11H19N3. The van der Waals surface area contributed by atoms with E-state index in [1.54, 1.807) is 0 Å². The van der Waals surface area contributed by atoms with Crippen molar-refractivity contribution in [3.8, 4) is 0 Å². The SMILES string of the molecule is CC1=C=NC(C(C)C)C2CCNN2C1. The molecule has 0 spiro atoms. The minimum absolute atomic E-state index is 0.405. The monoisotopic (exact) mass is 193 g/mol. The van der Waals surface area contributed by atoms with Gasteiger partial charge in [0.15, 0.2) is 0 Å². The van der Waals surface area contributed by atoms with Gasteiger partial charge >= 0.3 is 0 Å². The van der Waals surface area contributed by atoms with E-state index in [1.165, 1.54) is 12.0 Å². The molecular weight excluding hydrogens is 174 g/mol. The Labute approximate surface area is 85.9 Å². The number of hydrogen-bond donors (Lipinski definition) is 1. The lowest BCUT2D eigenvalue weighted by Gasteiger charge is -2.28. The maximum atomic E-state index is 4.58. The summed E-state index contributed by atoms with van der Waals surface area (Å²) in [6, 6.07) is 0.974. The molecule has 1 saturated heterocycles. The molecule has 3 heteroatoms. The molecule has 2 rings (SSSR count). The summed E-state index contributed by atoms with van der Waals surface area (Å²) in [6.45, 7) is 8.65. The van der Waals surface area contributed by atoms with E-state index in [4.69, 9.17) is 0 Å². The lowest BCUT2D eigenvalue weighted by molar-refractivity contribution is 0.169. The predicted octanol–water partition coefficient (Wildman–Crippen LogP) is 1.22. The van der Waals surface area contributed by atoms with Gasteiger partial charge in [0.05, 0.1) is 6.04 Å². The number of hydrazine groups is 1. The molecule has 0 aliphatic carbocycles. The number of rotatable bonds is 1. The van der Waals surface area contributed by atoms with E-state index in [9.17, 15) is 0 Å². The summed E-state index contributed by atoms with van der Waals surface area (Å²) in [5.74, 6) is 3.76. The molecule has 3 nitrogen and oxygen atoms in total. The lowest BCUT2D eigenvalue weighted by atomic mass is 9.95. The van der Waals surface area contributed by atoms with Gasteiger partial charge in [0.2, 0.25) is 0 Å². The van der Waals surface area contributed by atoms with Crippen LogP contribution < -0.4 is 5.43 Å². The molecule has 2 atom stereocenters. The minimum Gasteiger partial charge on any atom is -0.254 e. The van der Waals surface area contributed by atoms with Crippen LogP contribution in [0.2, 0.25) is 0 Å². The van der Waals surface area contributed by atoms with E-state index in [-0.39, 0.29) is 0 Å². The zero-order valence-electron chi connectivity index (χ0n) is 9.25. The third-order valence-electron chi connectivity index (χ3n) is 3.04. The van der Waals surface area contributed by atoms with Gasteiger partial charge in [-0.25, -0.2) is 10.0 Å². The van der Waals surface area contributed by atoms with Gasteiger partial charge in [-0.3, -0.25) is 5.43 Å². The Balaban J connectivity index is 2.24. The molecule has 0 aromatic carbocycles. The van der Waals surface area contributed by atoms with Crippen LogP contribution in [0.5, 0.6) is 0 Å². The van der Waals surface area contributed by atoms with E-state index in [1.807, 2.05) is 0 Å². The second-order valence-electron chi connectivity index (χ2n) is 4.65. The number of aliphatic imine (C=N–C) groups is 1. The van der Waals surface area contributed by atoms with Gasteiger partial charge in [-0.15, -0.1) is 0 Å². The summed E-state index contributed by atoms with van der Waals surface area (Å²) >= 11 is 0. The molecule has 1 fully saturated rings. The first kappa shape index (κ1) is 9.91. The van der Waals surface area contributed by atoms with Crippen LogP contribution in [0.3, 0.4) is 0 Å². The fourth-order valence-electron chi connectivity index (χ4n) is 2.31. The van der Waals surface area contributed by atoms with Gasteiger partial charge in [-0.05, 0) is 25.1 Å². The maximum Gasteiger partial charge on any atom is 0.0786 e. The van der Waals surface area contributed by atoms with Crippen LogP contribution in [0, 0.1) is 5.92 Å². The molecule has 2 aliphatic rings. The smallest absolute Gasteiger partial charge is 0.0786 e. The second-order valence-corrected chi connectivity index (χ2v) is 4.65. The van der Waals surface area contributed by atoms with Gasteiger partial charge in [0.25, 0.3) is 0 Å². The highest BCUT2D eigenvalue weighted by Crippen LogP contribution is 2.23. The number of nitrogens with one attached hydrogen (secondary N) is 1. The normalized spacial score (nSPS) is 33.0. The Morgan fingerprint density at radius 3 is 3.07 bits per heavy atom. The predicted molar refractivity (Wildman–Crippen MR) is 58.4 cm³/mol. The van der Waals surface area contributed by atoms with Crippen molar-refractivity contribution >= 4 is 5.87 Å². The molecule has 1 N–H and O–H groups in total. The van der Waals surface area contributed by atoms with Crippen LogP contribution in [0.4, 0.5) is 0 Å². The maximum absolute atomic E-state index is 4.58. The Bertz CT molecular complexity index is 276. The van der Waals surface area contributed by atoms with Gasteiger partial charge in [-0.1, -0.05) is 13.8 Å². The molecule has 0 bridgehead atoms. The van der Waals surface area contributed by atoms with Crippen molar-refractivity contribution in [1.29, 1.82) is 0 Å². The van der Waals surface area contributed by atoms with Crippen molar-refractivity contribution in [1.82, 2.24) is 10.4 Å². The fraction of sp³-hybridized carbons (Fsp3) is 0.818. The van der Waals surface area contributed by atoms with E-state index < -0.39 is 0 Å². The molecule has 0 saturated carbocycles. The quantitative estimate of drug-likeness (QED) is 0.678. The molecule has 2 heterocycles. The third-order valence-corrected chi connectivity index (χ3v) is 3.04. The van der Waals surface area contributed by atoms with Crippen molar-refractivity contribution in [3.05, 3.63) is 5.57 Å². The molecule has 14 heavy (non-hydrogen) atoms. The Hall–Kier alpha value is -0.630. The van der Waals surface area contributed by atoms with Gasteiger partial charge in [0.1, 0.15) is 0 Å². The lowest BCUT2D eigenvalue weighted by Crippen LogP contribution is -2.44. The van der Waals surface area contributed by atoms with Crippen LogP contribution in [0.25, 0.3) is 0 Å². The molecule has 0 aromatic rings. The number of fused-ring (bicyclic) bond motifs is 1. The molecule has 0 aromatic heterocycles. The average molecular weight is 193 g/mol. The number of hydrogen-bond acceptors (Lipinski definition) is 3. The van der Waals surface area contributed by atoms with E-state index in [0.717, 1.165) is 13.1 Å². The van der Waals surface area contributed by atoms with Crippen LogP contribution in [0.1, 0.15) is 27.2 Å². The van der Waals surface area contributed by atoms with E-state index >= 15 is 0 Å². The summed E-state index contributed by atoms with van der Waals surface area (Å²) < 4.78 is 0. The molecule has 2 aliphatic heterocycles. The fourth-order valence-corrected chi connectivity index (χ4v) is 2.31. The first-order valence-corrected chi connectivity index (χ1v) is 5.47. The first-order chi connectivity index (χ1) is 6.68. The van der Waals surface area contributed by atoms with Crippen LogP contribution in [-0.4, -0.2) is 36.1 Å². The highest BCUT2D eigenvalue weighted by molar-refractivity contribution is 5.58. The zero-order chi connectivity index (χ0) is 10.1. The summed E-state index contributed by atoms with van der Waals surface area (Å²) in [4.78, 5) is 4.58. The van der Waals surface area contributed by atoms with Gasteiger partial charge in [0, 0.05) is 24.7 Å². The van der Waals surface area contributed by atoms with Crippen molar-refractivity contribution in [2.45, 2.75) is 39.3 Å². The van der Waals surface area contributed by atoms with Crippen molar-refractivity contribution in [3.63, 3.8) is 0 Å². The van der Waals surface area contributed by atoms with Gasteiger partial charge < -0.3 is 0 Å². The molecule has 0 amide bonds. The highest BCUT2D eigenvalue weighted by Gasteiger charge is 2.34. The summed E-state index contributed by atoms with van der Waals surface area (Å²) in [7, 11) is 0. The Morgan fingerprint density at radius 2 is 2.36 bits per heavy atom. The average Bonchev–Trinajstić information content (AvgIpc) is 2.47. The van der Waals surface area contributed by atoms with Crippen molar-refractivity contribution in [2.75, 3.05) is 13.1 Å². The van der Waals surface area contributed by atoms with Crippen LogP contribution in [-0.2, 0) is 0 Å². The first-order valence-electron chi connectivity index (χ1n) is 5.47. The zero-order valence-corrected chi connectivity index (χ0v) is 9.25. The number of nitrogens with zero attached hydrogens (tertiary/aromatic N) is 2. The highest BCUT2D eigenvalue weighted by atomic mass is 15.5. The van der Waals surface area contributed by atoms with Crippen molar-refractivity contribution in [2.24, 2.45) is 10.9 Å².